The molecule has 0 atom stereocenters. The Morgan fingerprint density at radius 2 is 1.97 bits per heavy atom. The van der Waals surface area contributed by atoms with E-state index in [0.717, 1.165) is 45.1 Å². The number of anilines is 1. The smallest absolute Gasteiger partial charge is 0.252 e. The molecule has 2 aromatic carbocycles. The highest BCUT2D eigenvalue weighted by Gasteiger charge is 2.13. The molecule has 3 heterocycles. The number of carbonyl (C=O) groups is 1. The van der Waals surface area contributed by atoms with E-state index < -0.39 is 0 Å². The van der Waals surface area contributed by atoms with Gasteiger partial charge in [0.15, 0.2) is 0 Å². The minimum atomic E-state index is -0.0563. The first-order valence-electron chi connectivity index (χ1n) is 10.1. The Kier molecular flexibility index (Phi) is 4.66. The standard InChI is InChI=1S/C23H21N7O/c1-14-18(15(2)30-23(26-14)24-13-25-30)10-11-21(31)27-17-7-5-6-16(12-17)22-28-19-8-3-4-9-20(19)29-22/h3-9,12-13H,10-11H2,1-2H3,(H,27,31)(H,28,29). The van der Waals surface area contributed by atoms with Crippen LogP contribution in [0.5, 0.6) is 0 Å². The van der Waals surface area contributed by atoms with E-state index in [1.54, 1.807) is 4.52 Å². The fourth-order valence-electron chi connectivity index (χ4n) is 3.81. The Morgan fingerprint density at radius 1 is 1.10 bits per heavy atom. The lowest BCUT2D eigenvalue weighted by molar-refractivity contribution is -0.116. The third-order valence-electron chi connectivity index (χ3n) is 5.40. The van der Waals surface area contributed by atoms with Gasteiger partial charge in [0.05, 0.1) is 11.0 Å². The van der Waals surface area contributed by atoms with Gasteiger partial charge in [-0.1, -0.05) is 24.3 Å². The van der Waals surface area contributed by atoms with Crippen LogP contribution in [0.4, 0.5) is 5.69 Å². The molecule has 0 saturated carbocycles. The summed E-state index contributed by atoms with van der Waals surface area (Å²) in [6, 6.07) is 15.6. The van der Waals surface area contributed by atoms with Crippen LogP contribution in [0, 0.1) is 13.8 Å². The number of aromatic amines is 1. The number of rotatable bonds is 5. The van der Waals surface area contributed by atoms with Crippen LogP contribution in [-0.4, -0.2) is 35.5 Å². The van der Waals surface area contributed by atoms with Crippen molar-refractivity contribution in [3.8, 4) is 11.4 Å². The second-order valence-electron chi connectivity index (χ2n) is 7.46. The number of H-pyrrole nitrogens is 1. The number of hydrogen-bond acceptors (Lipinski definition) is 5. The predicted octanol–water partition coefficient (Wildman–Crippen LogP) is 3.86. The Bertz CT molecular complexity index is 1380. The molecule has 0 aliphatic rings. The van der Waals surface area contributed by atoms with Gasteiger partial charge in [0.1, 0.15) is 12.2 Å². The predicted molar refractivity (Wildman–Crippen MR) is 119 cm³/mol. The molecule has 0 radical (unpaired) electrons. The molecule has 5 aromatic rings. The van der Waals surface area contributed by atoms with Crippen LogP contribution >= 0.6 is 0 Å². The van der Waals surface area contributed by atoms with Gasteiger partial charge in [-0.2, -0.15) is 10.1 Å². The van der Waals surface area contributed by atoms with Gasteiger partial charge in [0.25, 0.3) is 5.78 Å². The molecule has 8 nitrogen and oxygen atoms in total. The van der Waals surface area contributed by atoms with Crippen molar-refractivity contribution in [1.29, 1.82) is 0 Å². The van der Waals surface area contributed by atoms with Crippen molar-refractivity contribution in [2.45, 2.75) is 26.7 Å². The maximum absolute atomic E-state index is 12.6. The minimum absolute atomic E-state index is 0.0563. The van der Waals surface area contributed by atoms with E-state index in [4.69, 9.17) is 0 Å². The molecule has 1 amide bonds. The van der Waals surface area contributed by atoms with Gasteiger partial charge in [-0.15, -0.1) is 0 Å². The topological polar surface area (TPSA) is 101 Å². The molecule has 5 rings (SSSR count). The number of fused-ring (bicyclic) bond motifs is 2. The lowest BCUT2D eigenvalue weighted by Gasteiger charge is -2.11. The summed E-state index contributed by atoms with van der Waals surface area (Å²) in [5.74, 6) is 1.29. The summed E-state index contributed by atoms with van der Waals surface area (Å²) in [6.07, 6.45) is 2.41. The Morgan fingerprint density at radius 3 is 2.84 bits per heavy atom. The first-order valence-corrected chi connectivity index (χ1v) is 10.1. The molecule has 0 spiro atoms. The van der Waals surface area contributed by atoms with Crippen LogP contribution in [0.3, 0.4) is 0 Å². The van der Waals surface area contributed by atoms with Crippen molar-refractivity contribution in [2.24, 2.45) is 0 Å². The summed E-state index contributed by atoms with van der Waals surface area (Å²) in [6.45, 7) is 3.91. The number of aromatic nitrogens is 6. The van der Waals surface area contributed by atoms with Gasteiger partial charge < -0.3 is 10.3 Å². The highest BCUT2D eigenvalue weighted by atomic mass is 16.1. The molecule has 0 fully saturated rings. The van der Waals surface area contributed by atoms with E-state index in [1.165, 1.54) is 6.33 Å². The van der Waals surface area contributed by atoms with Gasteiger partial charge in [0.2, 0.25) is 5.91 Å². The molecule has 31 heavy (non-hydrogen) atoms. The Labute approximate surface area is 178 Å². The number of imidazole rings is 1. The van der Waals surface area contributed by atoms with Crippen LogP contribution in [0.25, 0.3) is 28.2 Å². The lowest BCUT2D eigenvalue weighted by Crippen LogP contribution is -2.14. The van der Waals surface area contributed by atoms with Crippen molar-refractivity contribution in [2.75, 3.05) is 5.32 Å². The van der Waals surface area contributed by atoms with Crippen LogP contribution in [0.2, 0.25) is 0 Å². The van der Waals surface area contributed by atoms with Crippen LogP contribution in [0.1, 0.15) is 23.4 Å². The van der Waals surface area contributed by atoms with Gasteiger partial charge >= 0.3 is 0 Å². The summed E-state index contributed by atoms with van der Waals surface area (Å²) in [7, 11) is 0. The van der Waals surface area contributed by atoms with Crippen molar-refractivity contribution in [3.63, 3.8) is 0 Å². The fourth-order valence-corrected chi connectivity index (χ4v) is 3.81. The molecule has 0 saturated heterocycles. The van der Waals surface area contributed by atoms with E-state index in [-0.39, 0.29) is 5.91 Å². The minimum Gasteiger partial charge on any atom is -0.338 e. The second kappa shape index (κ2) is 7.64. The molecule has 2 N–H and O–H groups in total. The molecular formula is C23H21N7O. The summed E-state index contributed by atoms with van der Waals surface area (Å²) in [5, 5.41) is 7.19. The van der Waals surface area contributed by atoms with E-state index in [9.17, 15) is 4.79 Å². The second-order valence-corrected chi connectivity index (χ2v) is 7.46. The maximum atomic E-state index is 12.6. The average Bonchev–Trinajstić information content (AvgIpc) is 3.40. The normalized spacial score (nSPS) is 11.3. The first-order chi connectivity index (χ1) is 15.1. The number of nitrogens with zero attached hydrogens (tertiary/aromatic N) is 5. The van der Waals surface area contributed by atoms with E-state index in [1.807, 2.05) is 62.4 Å². The fraction of sp³-hybridized carbons (Fsp3) is 0.174. The number of carbonyl (C=O) groups excluding carboxylic acids is 1. The van der Waals surface area contributed by atoms with Gasteiger partial charge in [-0.25, -0.2) is 14.5 Å². The zero-order valence-corrected chi connectivity index (χ0v) is 17.3. The highest BCUT2D eigenvalue weighted by Crippen LogP contribution is 2.23. The number of para-hydroxylation sites is 2. The highest BCUT2D eigenvalue weighted by molar-refractivity contribution is 5.91. The summed E-state index contributed by atoms with van der Waals surface area (Å²) in [4.78, 5) is 29.2. The van der Waals surface area contributed by atoms with E-state index in [2.05, 4.69) is 30.4 Å². The summed E-state index contributed by atoms with van der Waals surface area (Å²) >= 11 is 0. The molecule has 8 heteroatoms. The van der Waals surface area contributed by atoms with Gasteiger partial charge in [-0.3, -0.25) is 4.79 Å². The van der Waals surface area contributed by atoms with E-state index in [0.29, 0.717) is 18.6 Å². The Balaban J connectivity index is 1.30. The molecular weight excluding hydrogens is 390 g/mol. The third-order valence-corrected chi connectivity index (χ3v) is 5.40. The lowest BCUT2D eigenvalue weighted by atomic mass is 10.1. The molecule has 0 bridgehead atoms. The van der Waals surface area contributed by atoms with Crippen molar-refractivity contribution in [1.82, 2.24) is 29.5 Å². The number of nitrogens with one attached hydrogen (secondary N) is 2. The Hall–Kier alpha value is -4.07. The molecule has 0 unspecified atom stereocenters. The maximum Gasteiger partial charge on any atom is 0.252 e. The van der Waals surface area contributed by atoms with Crippen molar-refractivity contribution in [3.05, 3.63) is 71.8 Å². The van der Waals surface area contributed by atoms with Crippen molar-refractivity contribution >= 4 is 28.4 Å². The number of hydrogen-bond donors (Lipinski definition) is 2. The molecule has 154 valence electrons. The van der Waals surface area contributed by atoms with Crippen LogP contribution in [-0.2, 0) is 11.2 Å². The van der Waals surface area contributed by atoms with Gasteiger partial charge in [-0.05, 0) is 50.1 Å². The largest absolute Gasteiger partial charge is 0.338 e. The van der Waals surface area contributed by atoms with Gasteiger partial charge in [0, 0.05) is 29.1 Å². The number of aryl methyl sites for hydroxylation is 2. The van der Waals surface area contributed by atoms with Crippen molar-refractivity contribution < 1.29 is 4.79 Å². The SMILES string of the molecule is Cc1nc2ncnn2c(C)c1CCC(=O)Nc1cccc(-c2nc3ccccc3[nH]2)c1. The molecule has 3 aromatic heterocycles. The number of benzene rings is 2. The van der Waals surface area contributed by atoms with Crippen LogP contribution < -0.4 is 5.32 Å². The number of amides is 1. The summed E-state index contributed by atoms with van der Waals surface area (Å²) in [5.41, 5.74) is 6.40. The quantitative estimate of drug-likeness (QED) is 0.457. The summed E-state index contributed by atoms with van der Waals surface area (Å²) < 4.78 is 1.71. The zero-order chi connectivity index (χ0) is 21.4. The molecule has 0 aliphatic heterocycles. The zero-order valence-electron chi connectivity index (χ0n) is 17.3. The first kappa shape index (κ1) is 18.9. The average molecular weight is 411 g/mol. The van der Waals surface area contributed by atoms with E-state index >= 15 is 0 Å². The molecule has 0 aliphatic carbocycles. The monoisotopic (exact) mass is 411 g/mol. The van der Waals surface area contributed by atoms with Crippen LogP contribution in [0.15, 0.2) is 54.9 Å². The third kappa shape index (κ3) is 3.63.